The van der Waals surface area contributed by atoms with Gasteiger partial charge in [-0.15, -0.1) is 0 Å². The van der Waals surface area contributed by atoms with Crippen molar-refractivity contribution in [3.8, 4) is 0 Å². The van der Waals surface area contributed by atoms with Crippen molar-refractivity contribution in [2.24, 2.45) is 0 Å². The zero-order valence-electron chi connectivity index (χ0n) is 16.8. The summed E-state index contributed by atoms with van der Waals surface area (Å²) in [5.41, 5.74) is 4.52. The third-order valence-electron chi connectivity index (χ3n) is 4.35. The zero-order valence-corrected chi connectivity index (χ0v) is 16.8. The first-order chi connectivity index (χ1) is 13.5. The van der Waals surface area contributed by atoms with E-state index in [1.54, 1.807) is 24.3 Å². The fraction of sp³-hybridized carbons (Fsp3) is 0.364. The number of carbonyl (C=O) groups is 2. The number of rotatable bonds is 10. The van der Waals surface area contributed by atoms with Gasteiger partial charge in [0.2, 0.25) is 5.91 Å². The Balaban J connectivity index is 1.77. The molecule has 0 radical (unpaired) electrons. The lowest BCUT2D eigenvalue weighted by Crippen LogP contribution is -2.25. The lowest BCUT2D eigenvalue weighted by molar-refractivity contribution is -0.114. The minimum Gasteiger partial charge on any atom is -0.382 e. The zero-order chi connectivity index (χ0) is 20.4. The first kappa shape index (κ1) is 21.4. The molecule has 6 nitrogen and oxygen atoms in total. The van der Waals surface area contributed by atoms with Gasteiger partial charge in [-0.25, -0.2) is 0 Å². The molecule has 0 saturated heterocycles. The number of anilines is 2. The molecular weight excluding hydrogens is 354 g/mol. The minimum absolute atomic E-state index is 0.134. The van der Waals surface area contributed by atoms with Gasteiger partial charge in [0.1, 0.15) is 0 Å². The van der Waals surface area contributed by atoms with Gasteiger partial charge in [-0.05, 0) is 74.7 Å². The molecule has 6 heteroatoms. The molecule has 0 aliphatic heterocycles. The third kappa shape index (κ3) is 7.04. The number of ether oxygens (including phenoxy) is 1. The first-order valence-corrected chi connectivity index (χ1v) is 9.56. The van der Waals surface area contributed by atoms with Crippen LogP contribution in [0.15, 0.2) is 42.5 Å². The van der Waals surface area contributed by atoms with Crippen LogP contribution >= 0.6 is 0 Å². The van der Waals surface area contributed by atoms with Gasteiger partial charge >= 0.3 is 0 Å². The lowest BCUT2D eigenvalue weighted by Gasteiger charge is -2.10. The summed E-state index contributed by atoms with van der Waals surface area (Å²) in [4.78, 5) is 24.2. The number of hydrogen-bond acceptors (Lipinski definition) is 4. The quantitative estimate of drug-likeness (QED) is 0.549. The summed E-state index contributed by atoms with van der Waals surface area (Å²) in [6.07, 6.45) is 0.779. The minimum atomic E-state index is -0.147. The van der Waals surface area contributed by atoms with Gasteiger partial charge in [0, 0.05) is 36.7 Å². The Morgan fingerprint density at radius 2 is 1.68 bits per heavy atom. The Kier molecular flexibility index (Phi) is 8.49. The van der Waals surface area contributed by atoms with E-state index >= 15 is 0 Å². The van der Waals surface area contributed by atoms with Gasteiger partial charge in [0.05, 0.1) is 6.54 Å². The van der Waals surface area contributed by atoms with Crippen molar-refractivity contribution in [2.45, 2.75) is 27.2 Å². The van der Waals surface area contributed by atoms with Crippen LogP contribution < -0.4 is 16.0 Å². The Morgan fingerprint density at radius 3 is 2.36 bits per heavy atom. The van der Waals surface area contributed by atoms with Crippen LogP contribution in [0.5, 0.6) is 0 Å². The maximum absolute atomic E-state index is 12.1. The van der Waals surface area contributed by atoms with Crippen molar-refractivity contribution in [1.82, 2.24) is 5.32 Å². The van der Waals surface area contributed by atoms with Gasteiger partial charge < -0.3 is 20.7 Å². The predicted molar refractivity (Wildman–Crippen MR) is 113 cm³/mol. The molecule has 3 N–H and O–H groups in total. The van der Waals surface area contributed by atoms with Crippen molar-refractivity contribution in [3.05, 3.63) is 59.2 Å². The Bertz CT molecular complexity index is 788. The van der Waals surface area contributed by atoms with E-state index in [0.29, 0.717) is 31.0 Å². The summed E-state index contributed by atoms with van der Waals surface area (Å²) in [5, 5.41) is 8.78. The standard InChI is InChI=1S/C22H29N3O3/c1-4-28-13-5-12-23-22(27)18-7-10-19(11-8-18)25-21(26)15-24-20-9-6-16(2)17(3)14-20/h6-11,14,24H,4-5,12-13,15H2,1-3H3,(H,23,27)(H,25,26). The summed E-state index contributed by atoms with van der Waals surface area (Å²) in [6.45, 7) is 8.09. The number of benzene rings is 2. The van der Waals surface area contributed by atoms with Crippen LogP contribution in [0.3, 0.4) is 0 Å². The average molecular weight is 383 g/mol. The van der Waals surface area contributed by atoms with Gasteiger partial charge in [-0.1, -0.05) is 6.07 Å². The second kappa shape index (κ2) is 11.1. The van der Waals surface area contributed by atoms with Crippen molar-refractivity contribution < 1.29 is 14.3 Å². The Labute approximate surface area is 166 Å². The highest BCUT2D eigenvalue weighted by molar-refractivity contribution is 5.96. The van der Waals surface area contributed by atoms with Crippen LogP contribution in [0.2, 0.25) is 0 Å². The van der Waals surface area contributed by atoms with Gasteiger partial charge in [0.25, 0.3) is 5.91 Å². The third-order valence-corrected chi connectivity index (χ3v) is 4.35. The average Bonchev–Trinajstić information content (AvgIpc) is 2.69. The number of amides is 2. The van der Waals surface area contributed by atoms with E-state index in [1.165, 1.54) is 11.1 Å². The summed E-state index contributed by atoms with van der Waals surface area (Å²) in [6, 6.07) is 12.8. The topological polar surface area (TPSA) is 79.5 Å². The smallest absolute Gasteiger partial charge is 0.251 e. The highest BCUT2D eigenvalue weighted by atomic mass is 16.5. The van der Waals surface area contributed by atoms with Crippen LogP contribution in [0.25, 0.3) is 0 Å². The molecule has 2 aromatic carbocycles. The number of hydrogen-bond donors (Lipinski definition) is 3. The molecular formula is C22H29N3O3. The molecule has 0 aliphatic rings. The van der Waals surface area contributed by atoms with E-state index in [0.717, 1.165) is 12.1 Å². The van der Waals surface area contributed by atoms with Crippen LogP contribution in [-0.4, -0.2) is 38.1 Å². The molecule has 0 spiro atoms. The molecule has 0 bridgehead atoms. The molecule has 2 amide bonds. The van der Waals surface area contributed by atoms with E-state index in [1.807, 2.05) is 32.0 Å². The molecule has 2 aromatic rings. The van der Waals surface area contributed by atoms with Gasteiger partial charge in [0.15, 0.2) is 0 Å². The normalized spacial score (nSPS) is 10.4. The molecule has 0 fully saturated rings. The summed E-state index contributed by atoms with van der Waals surface area (Å²) in [7, 11) is 0. The van der Waals surface area contributed by atoms with Crippen molar-refractivity contribution in [2.75, 3.05) is 36.9 Å². The van der Waals surface area contributed by atoms with E-state index in [9.17, 15) is 9.59 Å². The molecule has 150 valence electrons. The SMILES string of the molecule is CCOCCCNC(=O)c1ccc(NC(=O)CNc2ccc(C)c(C)c2)cc1. The first-order valence-electron chi connectivity index (χ1n) is 9.56. The lowest BCUT2D eigenvalue weighted by atomic mass is 10.1. The maximum Gasteiger partial charge on any atom is 0.251 e. The molecule has 0 saturated carbocycles. The largest absolute Gasteiger partial charge is 0.382 e. The number of aryl methyl sites for hydroxylation is 2. The Morgan fingerprint density at radius 1 is 0.964 bits per heavy atom. The van der Waals surface area contributed by atoms with Gasteiger partial charge in [-0.2, -0.15) is 0 Å². The van der Waals surface area contributed by atoms with Crippen molar-refractivity contribution in [3.63, 3.8) is 0 Å². The number of nitrogens with one attached hydrogen (secondary N) is 3. The monoisotopic (exact) mass is 383 g/mol. The van der Waals surface area contributed by atoms with Crippen molar-refractivity contribution in [1.29, 1.82) is 0 Å². The fourth-order valence-corrected chi connectivity index (χ4v) is 2.57. The maximum atomic E-state index is 12.1. The van der Waals surface area contributed by atoms with Crippen LogP contribution in [0, 0.1) is 13.8 Å². The van der Waals surface area contributed by atoms with Crippen LogP contribution in [-0.2, 0) is 9.53 Å². The molecule has 28 heavy (non-hydrogen) atoms. The molecule has 0 aromatic heterocycles. The number of carbonyl (C=O) groups excluding carboxylic acids is 2. The van der Waals surface area contributed by atoms with Crippen LogP contribution in [0.1, 0.15) is 34.8 Å². The summed E-state index contributed by atoms with van der Waals surface area (Å²) in [5.74, 6) is -0.280. The van der Waals surface area contributed by atoms with Gasteiger partial charge in [-0.3, -0.25) is 9.59 Å². The summed E-state index contributed by atoms with van der Waals surface area (Å²) >= 11 is 0. The highest BCUT2D eigenvalue weighted by Crippen LogP contribution is 2.14. The van der Waals surface area contributed by atoms with E-state index in [4.69, 9.17) is 4.74 Å². The second-order valence-corrected chi connectivity index (χ2v) is 6.58. The second-order valence-electron chi connectivity index (χ2n) is 6.58. The Hall–Kier alpha value is -2.86. The molecule has 0 atom stereocenters. The molecule has 0 unspecified atom stereocenters. The van der Waals surface area contributed by atoms with Crippen LogP contribution in [0.4, 0.5) is 11.4 Å². The molecule has 0 heterocycles. The predicted octanol–water partition coefficient (Wildman–Crippen LogP) is 3.51. The van der Waals surface area contributed by atoms with Crippen molar-refractivity contribution >= 4 is 23.2 Å². The highest BCUT2D eigenvalue weighted by Gasteiger charge is 2.07. The van der Waals surface area contributed by atoms with E-state index in [2.05, 4.69) is 22.9 Å². The fourth-order valence-electron chi connectivity index (χ4n) is 2.57. The molecule has 0 aliphatic carbocycles. The van der Waals surface area contributed by atoms with E-state index < -0.39 is 0 Å². The van der Waals surface area contributed by atoms with E-state index in [-0.39, 0.29) is 18.4 Å². The molecule has 2 rings (SSSR count). The summed E-state index contributed by atoms with van der Waals surface area (Å²) < 4.78 is 5.24.